The van der Waals surface area contributed by atoms with Gasteiger partial charge in [0.25, 0.3) is 0 Å². The molecular formula is C25H32N3O7-. The molecule has 0 saturated heterocycles. The normalized spacial score (nSPS) is 24.2. The third kappa shape index (κ3) is 7.12. The van der Waals surface area contributed by atoms with E-state index < -0.39 is 53.4 Å². The molecule has 0 heterocycles. The lowest BCUT2D eigenvalue weighted by molar-refractivity contribution is -0.308. The Balaban J connectivity index is 1.68. The monoisotopic (exact) mass is 486 g/mol. The van der Waals surface area contributed by atoms with Crippen LogP contribution in [0, 0.1) is 5.41 Å². The summed E-state index contributed by atoms with van der Waals surface area (Å²) in [7, 11) is 0. The molecule has 1 aromatic rings. The average Bonchev–Trinajstić information content (AvgIpc) is 3.23. The lowest BCUT2D eigenvalue weighted by Crippen LogP contribution is -2.53. The third-order valence-corrected chi connectivity index (χ3v) is 6.84. The molecular weight excluding hydrogens is 454 g/mol. The second kappa shape index (κ2) is 11.5. The number of hydrogen-bond acceptors (Lipinski definition) is 7. The third-order valence-electron chi connectivity index (χ3n) is 6.84. The maximum atomic E-state index is 12.9. The van der Waals surface area contributed by atoms with E-state index >= 15 is 0 Å². The first-order valence-electron chi connectivity index (χ1n) is 11.8. The Labute approximate surface area is 203 Å². The summed E-state index contributed by atoms with van der Waals surface area (Å²) in [4.78, 5) is 48.7. The van der Waals surface area contributed by atoms with E-state index in [0.717, 1.165) is 18.4 Å². The van der Waals surface area contributed by atoms with Crippen LogP contribution in [0.2, 0.25) is 0 Å². The topological polar surface area (TPSA) is 182 Å². The maximum absolute atomic E-state index is 12.9. The zero-order chi connectivity index (χ0) is 25.6. The molecule has 4 atom stereocenters. The first-order valence-corrected chi connectivity index (χ1v) is 11.8. The predicted molar refractivity (Wildman–Crippen MR) is 123 cm³/mol. The first-order chi connectivity index (χ1) is 16.6. The molecule has 0 radical (unpaired) electrons. The van der Waals surface area contributed by atoms with Crippen molar-refractivity contribution in [1.29, 1.82) is 0 Å². The number of nitrogens with two attached hydrogens (primary N) is 1. The number of aliphatic hydroxyl groups is 2. The minimum Gasteiger partial charge on any atom is -0.550 e. The SMILES string of the molecule is NC(=O)[C@@H](Cc1ccccc1)NC(=O)C1=C[C@@H](NC(=O)CC2(CC(=O)[O-])CCCC2)[C@@H](O)[C@H](O)C1. The number of rotatable bonds is 10. The van der Waals surface area contributed by atoms with E-state index in [4.69, 9.17) is 5.73 Å². The number of primary amides is 1. The zero-order valence-corrected chi connectivity index (χ0v) is 19.4. The molecule has 0 aliphatic heterocycles. The Hall–Kier alpha value is -3.24. The number of carbonyl (C=O) groups excluding carboxylic acids is 4. The fraction of sp³-hybridized carbons (Fsp3) is 0.520. The molecule has 10 heteroatoms. The van der Waals surface area contributed by atoms with E-state index in [9.17, 15) is 34.5 Å². The fourth-order valence-electron chi connectivity index (χ4n) is 5.01. The molecule has 0 aromatic heterocycles. The lowest BCUT2D eigenvalue weighted by atomic mass is 9.79. The van der Waals surface area contributed by atoms with Crippen LogP contribution in [0.15, 0.2) is 42.0 Å². The van der Waals surface area contributed by atoms with E-state index in [1.54, 1.807) is 24.3 Å². The van der Waals surface area contributed by atoms with Crippen LogP contribution in [0.25, 0.3) is 0 Å². The lowest BCUT2D eigenvalue weighted by Gasteiger charge is -2.33. The predicted octanol–water partition coefficient (Wildman–Crippen LogP) is -1.17. The van der Waals surface area contributed by atoms with E-state index in [-0.39, 0.29) is 31.3 Å². The summed E-state index contributed by atoms with van der Waals surface area (Å²) in [5.74, 6) is -3.06. The van der Waals surface area contributed by atoms with Crippen LogP contribution in [-0.4, -0.2) is 58.2 Å². The number of carbonyl (C=O) groups is 4. The van der Waals surface area contributed by atoms with E-state index in [1.807, 2.05) is 6.07 Å². The number of aliphatic carboxylic acids is 1. The fourth-order valence-corrected chi connectivity index (χ4v) is 5.01. The van der Waals surface area contributed by atoms with Crippen molar-refractivity contribution in [2.24, 2.45) is 11.1 Å². The average molecular weight is 487 g/mol. The number of nitrogens with one attached hydrogen (secondary N) is 2. The van der Waals surface area contributed by atoms with Gasteiger partial charge in [-0.1, -0.05) is 49.2 Å². The molecule has 2 aliphatic carbocycles. The van der Waals surface area contributed by atoms with Gasteiger partial charge in [0.05, 0.1) is 12.1 Å². The van der Waals surface area contributed by atoms with Gasteiger partial charge < -0.3 is 36.5 Å². The summed E-state index contributed by atoms with van der Waals surface area (Å²) in [6.45, 7) is 0. The molecule has 10 nitrogen and oxygen atoms in total. The van der Waals surface area contributed by atoms with Crippen LogP contribution in [-0.2, 0) is 25.6 Å². The van der Waals surface area contributed by atoms with Crippen molar-refractivity contribution in [1.82, 2.24) is 10.6 Å². The molecule has 2 aliphatic rings. The van der Waals surface area contributed by atoms with Crippen molar-refractivity contribution in [2.45, 2.75) is 75.7 Å². The molecule has 1 fully saturated rings. The Morgan fingerprint density at radius 2 is 1.74 bits per heavy atom. The largest absolute Gasteiger partial charge is 0.550 e. The van der Waals surface area contributed by atoms with Gasteiger partial charge in [-0.2, -0.15) is 0 Å². The van der Waals surface area contributed by atoms with Gasteiger partial charge in [0.15, 0.2) is 0 Å². The second-order valence-corrected chi connectivity index (χ2v) is 9.60. The van der Waals surface area contributed by atoms with Crippen molar-refractivity contribution >= 4 is 23.7 Å². The number of hydrogen-bond donors (Lipinski definition) is 5. The molecule has 35 heavy (non-hydrogen) atoms. The molecule has 6 N–H and O–H groups in total. The van der Waals surface area contributed by atoms with Crippen molar-refractivity contribution in [3.63, 3.8) is 0 Å². The Kier molecular flexibility index (Phi) is 8.63. The van der Waals surface area contributed by atoms with Gasteiger partial charge >= 0.3 is 0 Å². The van der Waals surface area contributed by atoms with Gasteiger partial charge in [-0.15, -0.1) is 0 Å². The van der Waals surface area contributed by atoms with E-state index in [1.165, 1.54) is 6.08 Å². The summed E-state index contributed by atoms with van der Waals surface area (Å²) < 4.78 is 0. The highest BCUT2D eigenvalue weighted by atomic mass is 16.4. The van der Waals surface area contributed by atoms with E-state index in [2.05, 4.69) is 10.6 Å². The van der Waals surface area contributed by atoms with Crippen LogP contribution in [0.5, 0.6) is 0 Å². The minimum atomic E-state index is -1.35. The molecule has 0 unspecified atom stereocenters. The van der Waals surface area contributed by atoms with Crippen LogP contribution in [0.1, 0.15) is 50.5 Å². The minimum absolute atomic E-state index is 0.0590. The number of carboxylic acid groups (broad SMARTS) is 1. The Bertz CT molecular complexity index is 973. The van der Waals surface area contributed by atoms with Gasteiger partial charge in [0.2, 0.25) is 17.7 Å². The van der Waals surface area contributed by atoms with Crippen molar-refractivity contribution in [3.05, 3.63) is 47.5 Å². The van der Waals surface area contributed by atoms with Crippen LogP contribution in [0.3, 0.4) is 0 Å². The summed E-state index contributed by atoms with van der Waals surface area (Å²) in [5.41, 5.74) is 5.66. The van der Waals surface area contributed by atoms with Crippen molar-refractivity contribution in [3.8, 4) is 0 Å². The summed E-state index contributed by atoms with van der Waals surface area (Å²) in [6, 6.07) is 6.96. The number of aliphatic hydroxyl groups excluding tert-OH is 2. The van der Waals surface area contributed by atoms with Gasteiger partial charge in [0, 0.05) is 30.8 Å². The number of carboxylic acids is 1. The number of benzene rings is 1. The highest BCUT2D eigenvalue weighted by Gasteiger charge is 2.38. The molecule has 1 saturated carbocycles. The van der Waals surface area contributed by atoms with Crippen molar-refractivity contribution < 1.29 is 34.5 Å². The molecule has 0 bridgehead atoms. The molecule has 1 aromatic carbocycles. The van der Waals surface area contributed by atoms with Gasteiger partial charge in [-0.3, -0.25) is 14.4 Å². The smallest absolute Gasteiger partial charge is 0.247 e. The quantitative estimate of drug-likeness (QED) is 0.276. The standard InChI is InChI=1S/C25H33N3O7/c26-23(34)18(10-15-6-2-1-3-7-15)28-24(35)16-11-17(22(33)19(29)12-16)27-20(30)13-25(14-21(31)32)8-4-5-9-25/h1-3,6-7,11,17-19,22,29,33H,4-5,8-10,12-14H2,(H2,26,34)(H,27,30)(H,28,35)(H,31,32)/p-1/t17-,18-,19-,22-/m1/s1. The summed E-state index contributed by atoms with van der Waals surface area (Å²) >= 11 is 0. The van der Waals surface area contributed by atoms with Gasteiger partial charge in [-0.05, 0) is 30.2 Å². The van der Waals surface area contributed by atoms with E-state index in [0.29, 0.717) is 12.8 Å². The van der Waals surface area contributed by atoms with Crippen LogP contribution < -0.4 is 21.5 Å². The maximum Gasteiger partial charge on any atom is 0.247 e. The molecule has 3 rings (SSSR count). The molecule has 190 valence electrons. The summed E-state index contributed by atoms with van der Waals surface area (Å²) in [6.07, 6.45) is 1.21. The first kappa shape index (κ1) is 26.4. The van der Waals surface area contributed by atoms with Crippen LogP contribution in [0.4, 0.5) is 0 Å². The Morgan fingerprint density at radius 1 is 1.09 bits per heavy atom. The molecule has 3 amide bonds. The highest BCUT2D eigenvalue weighted by molar-refractivity contribution is 5.97. The molecule has 0 spiro atoms. The zero-order valence-electron chi connectivity index (χ0n) is 19.4. The van der Waals surface area contributed by atoms with Crippen molar-refractivity contribution in [2.75, 3.05) is 0 Å². The number of amides is 3. The summed E-state index contributed by atoms with van der Waals surface area (Å²) in [5, 5.41) is 37.1. The van der Waals surface area contributed by atoms with Gasteiger partial charge in [0.1, 0.15) is 12.1 Å². The van der Waals surface area contributed by atoms with Gasteiger partial charge in [-0.25, -0.2) is 0 Å². The highest BCUT2D eigenvalue weighted by Crippen LogP contribution is 2.43. The second-order valence-electron chi connectivity index (χ2n) is 9.60. The van der Waals surface area contributed by atoms with Crippen LogP contribution >= 0.6 is 0 Å². The Morgan fingerprint density at radius 3 is 2.34 bits per heavy atom.